The Labute approximate surface area is 109 Å². The van der Waals surface area contributed by atoms with Crippen molar-refractivity contribution in [3.8, 4) is 0 Å². The predicted molar refractivity (Wildman–Crippen MR) is 68.5 cm³/mol. The van der Waals surface area contributed by atoms with Gasteiger partial charge in [-0.3, -0.25) is 0 Å². The Morgan fingerprint density at radius 3 is 2.39 bits per heavy atom. The zero-order valence-corrected chi connectivity index (χ0v) is 10.9. The molecule has 1 atom stereocenters. The Kier molecular flexibility index (Phi) is 8.54. The molecular weight excluding hydrogens is 260 g/mol. The summed E-state index contributed by atoms with van der Waals surface area (Å²) in [4.78, 5) is 32.5. The van der Waals surface area contributed by atoms with Gasteiger partial charge in [0.25, 0.3) is 0 Å². The fourth-order valence-corrected chi connectivity index (χ4v) is 1.54. The van der Waals surface area contributed by atoms with Crippen LogP contribution < -0.4 is 21.7 Å². The Morgan fingerprint density at radius 1 is 1.28 bits per heavy atom. The van der Waals surface area contributed by atoms with E-state index in [0.29, 0.717) is 12.2 Å². The molecule has 0 aromatic carbocycles. The fraction of sp³-hybridized carbons (Fsp3) is 0.667. The van der Waals surface area contributed by atoms with E-state index in [9.17, 15) is 14.4 Å². The number of carboxylic acid groups (broad SMARTS) is 1. The highest BCUT2D eigenvalue weighted by Gasteiger charge is 2.18. The first kappa shape index (κ1) is 16.4. The van der Waals surface area contributed by atoms with Gasteiger partial charge >= 0.3 is 18.0 Å². The van der Waals surface area contributed by atoms with E-state index >= 15 is 0 Å². The topological polar surface area (TPSA) is 134 Å². The van der Waals surface area contributed by atoms with Crippen LogP contribution in [0.1, 0.15) is 6.42 Å². The zero-order valence-electron chi connectivity index (χ0n) is 10.1. The summed E-state index contributed by atoms with van der Waals surface area (Å²) >= 11 is 1.50. The van der Waals surface area contributed by atoms with Gasteiger partial charge in [0, 0.05) is 13.1 Å². The van der Waals surface area contributed by atoms with E-state index in [4.69, 9.17) is 10.8 Å². The van der Waals surface area contributed by atoms with Crippen LogP contribution in [-0.4, -0.2) is 54.3 Å². The standard InChI is InChI=1S/C9H18N4O4S/c1-18-5-2-6(7(14)15)13-9(17)12-4-3-11-8(10)16/h6H,2-5H2,1H3,(H,14,15)(H3,10,11,16)(H2,12,13,17)/t6-/m1/s1. The highest BCUT2D eigenvalue weighted by atomic mass is 32.2. The first-order valence-electron chi connectivity index (χ1n) is 5.26. The van der Waals surface area contributed by atoms with Gasteiger partial charge < -0.3 is 26.8 Å². The second-order valence-electron chi connectivity index (χ2n) is 3.36. The Bertz CT molecular complexity index is 300. The highest BCUT2D eigenvalue weighted by molar-refractivity contribution is 7.98. The molecular formula is C9H18N4O4S. The van der Waals surface area contributed by atoms with Crippen LogP contribution in [0.25, 0.3) is 0 Å². The van der Waals surface area contributed by atoms with Gasteiger partial charge in [-0.25, -0.2) is 14.4 Å². The number of carboxylic acids is 1. The number of amides is 4. The van der Waals surface area contributed by atoms with Gasteiger partial charge in [-0.1, -0.05) is 0 Å². The third-order valence-corrected chi connectivity index (χ3v) is 2.57. The molecule has 9 heteroatoms. The van der Waals surface area contributed by atoms with Gasteiger partial charge in [-0.05, 0) is 18.4 Å². The van der Waals surface area contributed by atoms with Gasteiger partial charge in [0.15, 0.2) is 0 Å². The zero-order chi connectivity index (χ0) is 14.0. The molecule has 104 valence electrons. The van der Waals surface area contributed by atoms with E-state index in [2.05, 4.69) is 16.0 Å². The second kappa shape index (κ2) is 9.40. The van der Waals surface area contributed by atoms with E-state index < -0.39 is 24.1 Å². The molecule has 4 amide bonds. The molecule has 0 fully saturated rings. The molecule has 18 heavy (non-hydrogen) atoms. The maximum absolute atomic E-state index is 11.3. The summed E-state index contributed by atoms with van der Waals surface area (Å²) in [6.45, 7) is 0.356. The van der Waals surface area contributed by atoms with Crippen molar-refractivity contribution in [2.45, 2.75) is 12.5 Å². The molecule has 0 radical (unpaired) electrons. The van der Waals surface area contributed by atoms with Crippen LogP contribution in [0, 0.1) is 0 Å². The highest BCUT2D eigenvalue weighted by Crippen LogP contribution is 2.00. The van der Waals surface area contributed by atoms with Crippen LogP contribution >= 0.6 is 11.8 Å². The van der Waals surface area contributed by atoms with Crippen LogP contribution in [0.2, 0.25) is 0 Å². The second-order valence-corrected chi connectivity index (χ2v) is 4.35. The minimum atomic E-state index is -1.07. The molecule has 0 aliphatic heterocycles. The van der Waals surface area contributed by atoms with Gasteiger partial charge in [-0.2, -0.15) is 11.8 Å². The molecule has 0 saturated carbocycles. The first-order valence-corrected chi connectivity index (χ1v) is 6.66. The molecule has 0 aliphatic rings. The van der Waals surface area contributed by atoms with Crippen molar-refractivity contribution < 1.29 is 19.5 Å². The van der Waals surface area contributed by atoms with Crippen LogP contribution in [0.3, 0.4) is 0 Å². The van der Waals surface area contributed by atoms with Crippen molar-refractivity contribution in [3.05, 3.63) is 0 Å². The smallest absolute Gasteiger partial charge is 0.326 e. The number of rotatable bonds is 8. The molecule has 0 aliphatic carbocycles. The normalized spacial score (nSPS) is 11.4. The minimum absolute atomic E-state index is 0.170. The van der Waals surface area contributed by atoms with Crippen molar-refractivity contribution >= 4 is 29.8 Å². The maximum atomic E-state index is 11.3. The third-order valence-electron chi connectivity index (χ3n) is 1.92. The van der Waals surface area contributed by atoms with E-state index in [1.54, 1.807) is 0 Å². The molecule has 6 N–H and O–H groups in total. The summed E-state index contributed by atoms with van der Waals surface area (Å²) in [6, 6.07) is -2.18. The fourth-order valence-electron chi connectivity index (χ4n) is 1.06. The van der Waals surface area contributed by atoms with Crippen LogP contribution in [0.5, 0.6) is 0 Å². The quantitative estimate of drug-likeness (QED) is 0.369. The molecule has 0 spiro atoms. The number of nitrogens with one attached hydrogen (secondary N) is 3. The van der Waals surface area contributed by atoms with E-state index in [1.165, 1.54) is 11.8 Å². The van der Waals surface area contributed by atoms with Crippen LogP contribution in [0.15, 0.2) is 0 Å². The van der Waals surface area contributed by atoms with Crippen molar-refractivity contribution in [2.24, 2.45) is 5.73 Å². The lowest BCUT2D eigenvalue weighted by Gasteiger charge is -2.14. The average Bonchev–Trinajstić information content (AvgIpc) is 2.29. The van der Waals surface area contributed by atoms with Crippen molar-refractivity contribution in [3.63, 3.8) is 0 Å². The Hall–Kier alpha value is -1.64. The van der Waals surface area contributed by atoms with Gasteiger partial charge in [0.05, 0.1) is 0 Å². The molecule has 0 bridgehead atoms. The summed E-state index contributed by atoms with van der Waals surface area (Å²) in [6.07, 6.45) is 2.21. The lowest BCUT2D eigenvalue weighted by atomic mass is 10.2. The number of urea groups is 2. The summed E-state index contributed by atoms with van der Waals surface area (Å²) in [5.74, 6) is -0.435. The first-order chi connectivity index (χ1) is 8.47. The molecule has 0 aromatic heterocycles. The van der Waals surface area contributed by atoms with Gasteiger partial charge in [0.2, 0.25) is 0 Å². The lowest BCUT2D eigenvalue weighted by molar-refractivity contribution is -0.139. The molecule has 0 saturated heterocycles. The SMILES string of the molecule is CSCC[C@@H](NC(=O)NCCNC(N)=O)C(=O)O. The maximum Gasteiger partial charge on any atom is 0.326 e. The van der Waals surface area contributed by atoms with Crippen LogP contribution in [0.4, 0.5) is 9.59 Å². The largest absolute Gasteiger partial charge is 0.480 e. The number of hydrogen-bond donors (Lipinski definition) is 5. The summed E-state index contributed by atoms with van der Waals surface area (Å²) in [5.41, 5.74) is 4.83. The van der Waals surface area contributed by atoms with E-state index in [1.807, 2.05) is 6.26 Å². The number of carbonyl (C=O) groups excluding carboxylic acids is 2. The van der Waals surface area contributed by atoms with Crippen molar-refractivity contribution in [1.82, 2.24) is 16.0 Å². The molecule has 0 heterocycles. The lowest BCUT2D eigenvalue weighted by Crippen LogP contribution is -2.48. The number of primary amides is 1. The molecule has 0 unspecified atom stereocenters. The van der Waals surface area contributed by atoms with Crippen molar-refractivity contribution in [1.29, 1.82) is 0 Å². The Balaban J connectivity index is 3.87. The number of nitrogens with two attached hydrogens (primary N) is 1. The van der Waals surface area contributed by atoms with Crippen LogP contribution in [-0.2, 0) is 4.79 Å². The number of carbonyl (C=O) groups is 3. The Morgan fingerprint density at radius 2 is 1.89 bits per heavy atom. The minimum Gasteiger partial charge on any atom is -0.480 e. The number of thioether (sulfide) groups is 1. The van der Waals surface area contributed by atoms with Crippen molar-refractivity contribution in [2.75, 3.05) is 25.1 Å². The number of hydrogen-bond acceptors (Lipinski definition) is 4. The third kappa shape index (κ3) is 8.50. The molecule has 0 rings (SSSR count). The monoisotopic (exact) mass is 278 g/mol. The number of aliphatic carboxylic acids is 1. The summed E-state index contributed by atoms with van der Waals surface area (Å²) in [7, 11) is 0. The summed E-state index contributed by atoms with van der Waals surface area (Å²) < 4.78 is 0. The van der Waals surface area contributed by atoms with E-state index in [0.717, 1.165) is 0 Å². The van der Waals surface area contributed by atoms with E-state index in [-0.39, 0.29) is 13.1 Å². The predicted octanol–water partition coefficient (Wildman–Crippen LogP) is -0.840. The average molecular weight is 278 g/mol. The summed E-state index contributed by atoms with van der Waals surface area (Å²) in [5, 5.41) is 15.9. The molecule has 0 aromatic rings. The molecule has 8 nitrogen and oxygen atoms in total. The van der Waals surface area contributed by atoms with Gasteiger partial charge in [-0.15, -0.1) is 0 Å². The van der Waals surface area contributed by atoms with Gasteiger partial charge in [0.1, 0.15) is 6.04 Å².